The van der Waals surface area contributed by atoms with E-state index in [4.69, 9.17) is 0 Å². The number of aromatic amines is 1. The number of carbonyl (C=O) groups excluding carboxylic acids is 1. The molecule has 1 amide bonds. The Balaban J connectivity index is 1.20. The number of H-pyrrole nitrogens is 1. The Bertz CT molecular complexity index is 1400. The number of imidazole rings is 1. The number of carbonyl (C=O) groups is 1. The summed E-state index contributed by atoms with van der Waals surface area (Å²) in [6.07, 6.45) is 0.226. The van der Waals surface area contributed by atoms with Crippen molar-refractivity contribution in [2.24, 2.45) is 0 Å². The van der Waals surface area contributed by atoms with Crippen molar-refractivity contribution in [3.63, 3.8) is 0 Å². The van der Waals surface area contributed by atoms with Gasteiger partial charge in [-0.25, -0.2) is 9.97 Å². The van der Waals surface area contributed by atoms with Crippen LogP contribution in [-0.4, -0.2) is 40.2 Å². The van der Waals surface area contributed by atoms with Gasteiger partial charge in [-0.2, -0.15) is 0 Å². The summed E-state index contributed by atoms with van der Waals surface area (Å²) in [6.45, 7) is 1.98. The van der Waals surface area contributed by atoms with Gasteiger partial charge in [-0.1, -0.05) is 0 Å². The molecule has 172 valence electrons. The van der Waals surface area contributed by atoms with Crippen LogP contribution < -0.4 is 19.7 Å². The standard InChI is InChI=1S/C24H19F2N5O3/c25-24(26)33-19-7-3-14(11-20(19)34-24)22-29-17-6-5-16(12-18(17)30-22)28-23(32)15-4-8-21(27-13-15)31-9-1-2-10-31/h3-8,11-13H,1-2,9-10H2,(H,28,32)(H,29,30). The number of fused-ring (bicyclic) bond motifs is 2. The lowest BCUT2D eigenvalue weighted by molar-refractivity contribution is -0.286. The normalized spacial score (nSPS) is 16.2. The molecule has 2 aliphatic heterocycles. The van der Waals surface area contributed by atoms with Crippen LogP contribution in [0, 0.1) is 0 Å². The van der Waals surface area contributed by atoms with Gasteiger partial charge in [-0.15, -0.1) is 8.78 Å². The number of hydrogen-bond acceptors (Lipinski definition) is 6. The Labute approximate surface area is 192 Å². The number of pyridine rings is 1. The number of halogens is 2. The molecule has 10 heteroatoms. The van der Waals surface area contributed by atoms with Crippen molar-refractivity contribution in [1.82, 2.24) is 15.0 Å². The third kappa shape index (κ3) is 3.76. The van der Waals surface area contributed by atoms with Gasteiger partial charge in [0.1, 0.15) is 11.6 Å². The summed E-state index contributed by atoms with van der Waals surface area (Å²) in [5.74, 6) is 1.00. The van der Waals surface area contributed by atoms with Gasteiger partial charge in [0, 0.05) is 30.5 Å². The molecule has 8 nitrogen and oxygen atoms in total. The molecule has 0 spiro atoms. The highest BCUT2D eigenvalue weighted by Crippen LogP contribution is 2.42. The summed E-state index contributed by atoms with van der Waals surface area (Å²) in [5.41, 5.74) is 2.95. The van der Waals surface area contributed by atoms with Gasteiger partial charge in [-0.05, 0) is 61.4 Å². The maximum atomic E-state index is 13.3. The van der Waals surface area contributed by atoms with Crippen molar-refractivity contribution < 1.29 is 23.0 Å². The Morgan fingerprint density at radius 1 is 1.03 bits per heavy atom. The van der Waals surface area contributed by atoms with E-state index in [9.17, 15) is 13.6 Å². The van der Waals surface area contributed by atoms with Crippen molar-refractivity contribution >= 4 is 28.4 Å². The van der Waals surface area contributed by atoms with Crippen molar-refractivity contribution in [3.8, 4) is 22.9 Å². The zero-order valence-corrected chi connectivity index (χ0v) is 17.8. The minimum Gasteiger partial charge on any atom is -0.395 e. The highest BCUT2D eigenvalue weighted by molar-refractivity contribution is 6.05. The molecule has 6 rings (SSSR count). The lowest BCUT2D eigenvalue weighted by atomic mass is 10.2. The fourth-order valence-electron chi connectivity index (χ4n) is 4.18. The second-order valence-electron chi connectivity index (χ2n) is 8.20. The molecule has 0 saturated carbocycles. The molecule has 0 aliphatic carbocycles. The summed E-state index contributed by atoms with van der Waals surface area (Å²) in [4.78, 5) is 27.0. The zero-order valence-electron chi connectivity index (χ0n) is 17.8. The van der Waals surface area contributed by atoms with Gasteiger partial charge >= 0.3 is 6.29 Å². The van der Waals surface area contributed by atoms with Crippen LogP contribution in [-0.2, 0) is 0 Å². The van der Waals surface area contributed by atoms with Gasteiger partial charge < -0.3 is 24.7 Å². The van der Waals surface area contributed by atoms with Crippen LogP contribution in [0.1, 0.15) is 23.2 Å². The minimum absolute atomic E-state index is 0.0298. The van der Waals surface area contributed by atoms with E-state index < -0.39 is 6.29 Å². The number of amides is 1. The fourth-order valence-corrected chi connectivity index (χ4v) is 4.18. The second kappa shape index (κ2) is 7.68. The molecule has 34 heavy (non-hydrogen) atoms. The van der Waals surface area contributed by atoms with Gasteiger partial charge in [0.15, 0.2) is 11.5 Å². The Morgan fingerprint density at radius 3 is 2.65 bits per heavy atom. The summed E-state index contributed by atoms with van der Waals surface area (Å²) in [5, 5.41) is 2.87. The molecule has 0 bridgehead atoms. The first-order valence-electron chi connectivity index (χ1n) is 10.9. The fraction of sp³-hybridized carbons (Fsp3) is 0.208. The largest absolute Gasteiger partial charge is 0.586 e. The van der Waals surface area contributed by atoms with E-state index in [1.54, 1.807) is 36.5 Å². The maximum Gasteiger partial charge on any atom is 0.586 e. The van der Waals surface area contributed by atoms with Gasteiger partial charge in [0.05, 0.1) is 16.6 Å². The number of rotatable bonds is 4. The SMILES string of the molecule is O=C(Nc1ccc2nc(-c3ccc4c(c3)OC(F)(F)O4)[nH]c2c1)c1ccc(N2CCCC2)nc1. The number of hydrogen-bond donors (Lipinski definition) is 2. The van der Waals surface area contributed by atoms with Crippen molar-refractivity contribution in [2.45, 2.75) is 19.1 Å². The highest BCUT2D eigenvalue weighted by Gasteiger charge is 2.43. The monoisotopic (exact) mass is 463 g/mol. The van der Waals surface area contributed by atoms with E-state index in [0.717, 1.165) is 31.7 Å². The average Bonchev–Trinajstić information content (AvgIpc) is 3.55. The van der Waals surface area contributed by atoms with Gasteiger partial charge in [-0.3, -0.25) is 4.79 Å². The van der Waals surface area contributed by atoms with Crippen LogP contribution in [0.3, 0.4) is 0 Å². The molecule has 4 heterocycles. The number of anilines is 2. The van der Waals surface area contributed by atoms with Crippen molar-refractivity contribution in [3.05, 3.63) is 60.3 Å². The molecule has 0 atom stereocenters. The third-order valence-corrected chi connectivity index (χ3v) is 5.85. The first-order valence-corrected chi connectivity index (χ1v) is 10.9. The molecule has 0 radical (unpaired) electrons. The van der Waals surface area contributed by atoms with Crippen LogP contribution in [0.4, 0.5) is 20.3 Å². The van der Waals surface area contributed by atoms with E-state index >= 15 is 0 Å². The predicted octanol–water partition coefficient (Wildman–Crippen LogP) is 4.80. The lowest BCUT2D eigenvalue weighted by Gasteiger charge is -2.16. The number of alkyl halides is 2. The molecule has 2 aromatic heterocycles. The van der Waals surface area contributed by atoms with Crippen LogP contribution in [0.25, 0.3) is 22.4 Å². The van der Waals surface area contributed by atoms with Crippen LogP contribution in [0.2, 0.25) is 0 Å². The first kappa shape index (κ1) is 20.4. The summed E-state index contributed by atoms with van der Waals surface area (Å²) in [7, 11) is 0. The molecule has 4 aromatic rings. The number of ether oxygens (including phenoxy) is 2. The molecular weight excluding hydrogens is 444 g/mol. The molecular formula is C24H19F2N5O3. The number of benzene rings is 2. The highest BCUT2D eigenvalue weighted by atomic mass is 19.3. The van der Waals surface area contributed by atoms with Crippen LogP contribution >= 0.6 is 0 Å². The van der Waals surface area contributed by atoms with E-state index in [2.05, 4.69) is 34.6 Å². The maximum absolute atomic E-state index is 13.3. The second-order valence-corrected chi connectivity index (χ2v) is 8.20. The Morgan fingerprint density at radius 2 is 1.85 bits per heavy atom. The molecule has 0 unspecified atom stereocenters. The number of nitrogens with one attached hydrogen (secondary N) is 2. The van der Waals surface area contributed by atoms with E-state index in [-0.39, 0.29) is 17.4 Å². The Kier molecular flexibility index (Phi) is 4.61. The smallest absolute Gasteiger partial charge is 0.395 e. The van der Waals surface area contributed by atoms with Crippen molar-refractivity contribution in [1.29, 1.82) is 0 Å². The predicted molar refractivity (Wildman–Crippen MR) is 121 cm³/mol. The van der Waals surface area contributed by atoms with E-state index in [1.807, 2.05) is 6.07 Å². The third-order valence-electron chi connectivity index (χ3n) is 5.85. The molecule has 2 N–H and O–H groups in total. The van der Waals surface area contributed by atoms with Gasteiger partial charge in [0.25, 0.3) is 5.91 Å². The number of nitrogens with zero attached hydrogens (tertiary/aromatic N) is 3. The molecule has 2 aromatic carbocycles. The summed E-state index contributed by atoms with van der Waals surface area (Å²) < 4.78 is 35.5. The lowest BCUT2D eigenvalue weighted by Crippen LogP contribution is -2.25. The topological polar surface area (TPSA) is 92.4 Å². The minimum atomic E-state index is -3.67. The average molecular weight is 463 g/mol. The quantitative estimate of drug-likeness (QED) is 0.452. The van der Waals surface area contributed by atoms with Crippen LogP contribution in [0.5, 0.6) is 11.5 Å². The number of aromatic nitrogens is 3. The van der Waals surface area contributed by atoms with E-state index in [0.29, 0.717) is 33.7 Å². The Hall–Kier alpha value is -4.21. The van der Waals surface area contributed by atoms with Crippen molar-refractivity contribution in [2.75, 3.05) is 23.3 Å². The molecule has 1 saturated heterocycles. The first-order chi connectivity index (χ1) is 16.4. The summed E-state index contributed by atoms with van der Waals surface area (Å²) in [6, 6.07) is 13.4. The summed E-state index contributed by atoms with van der Waals surface area (Å²) >= 11 is 0. The van der Waals surface area contributed by atoms with Crippen LogP contribution in [0.15, 0.2) is 54.7 Å². The van der Waals surface area contributed by atoms with E-state index in [1.165, 1.54) is 12.1 Å². The molecule has 1 fully saturated rings. The van der Waals surface area contributed by atoms with Gasteiger partial charge in [0.2, 0.25) is 0 Å². The molecule has 2 aliphatic rings. The zero-order chi connectivity index (χ0) is 23.3.